The largest absolute Gasteiger partial charge is 0.297 e. The highest BCUT2D eigenvalue weighted by Gasteiger charge is 2.17. The van der Waals surface area contributed by atoms with Crippen molar-refractivity contribution in [2.45, 2.75) is 44.2 Å². The van der Waals surface area contributed by atoms with Gasteiger partial charge in [0.15, 0.2) is 0 Å². The Morgan fingerprint density at radius 3 is 2.14 bits per heavy atom. The predicted octanol–water partition coefficient (Wildman–Crippen LogP) is 4.70. The zero-order valence-corrected chi connectivity index (χ0v) is 13.0. The molecule has 1 unspecified atom stereocenters. The summed E-state index contributed by atoms with van der Waals surface area (Å²) >= 11 is 0. The van der Waals surface area contributed by atoms with Crippen LogP contribution in [0.1, 0.15) is 49.3 Å². The van der Waals surface area contributed by atoms with Crippen molar-refractivity contribution in [2.24, 2.45) is 0 Å². The van der Waals surface area contributed by atoms with Crippen molar-refractivity contribution in [1.82, 2.24) is 5.32 Å². The second-order valence-electron chi connectivity index (χ2n) is 5.98. The smallest absolute Gasteiger partial charge is 0.0951 e. The van der Waals surface area contributed by atoms with Crippen molar-refractivity contribution < 1.29 is 0 Å². The van der Waals surface area contributed by atoms with E-state index in [4.69, 9.17) is 0 Å². The standard InChI is InChI=1S/C21H23N/c1-4-10-18(11-5-1)16-17-21(19-12-6-2-7-13-19)22-20-14-8-3-9-15-20/h1-2,4-7,10-13,20-22H,3,8-9,14-15H2. The van der Waals surface area contributed by atoms with Crippen LogP contribution in [0.15, 0.2) is 60.7 Å². The SMILES string of the molecule is C(#CC(NC1CCCCC1)c1ccccc1)c1ccccc1. The van der Waals surface area contributed by atoms with Gasteiger partial charge < -0.3 is 0 Å². The summed E-state index contributed by atoms with van der Waals surface area (Å²) in [6.45, 7) is 0. The molecule has 0 heterocycles. The Hall–Kier alpha value is -2.04. The van der Waals surface area contributed by atoms with Crippen LogP contribution in [-0.4, -0.2) is 6.04 Å². The summed E-state index contributed by atoms with van der Waals surface area (Å²) in [5.41, 5.74) is 2.34. The van der Waals surface area contributed by atoms with Crippen molar-refractivity contribution in [2.75, 3.05) is 0 Å². The normalized spacial score (nSPS) is 16.5. The molecule has 2 aromatic carbocycles. The first-order valence-corrected chi connectivity index (χ1v) is 8.29. The lowest BCUT2D eigenvalue weighted by atomic mass is 9.94. The van der Waals surface area contributed by atoms with Crippen LogP contribution in [0.3, 0.4) is 0 Å². The van der Waals surface area contributed by atoms with Crippen molar-refractivity contribution in [3.8, 4) is 11.8 Å². The van der Waals surface area contributed by atoms with Crippen LogP contribution in [0.4, 0.5) is 0 Å². The number of nitrogens with one attached hydrogen (secondary N) is 1. The van der Waals surface area contributed by atoms with Crippen LogP contribution in [0, 0.1) is 11.8 Å². The highest BCUT2D eigenvalue weighted by molar-refractivity contribution is 5.37. The van der Waals surface area contributed by atoms with Crippen molar-refractivity contribution >= 4 is 0 Å². The highest BCUT2D eigenvalue weighted by atomic mass is 14.9. The molecule has 1 aliphatic rings. The third-order valence-electron chi connectivity index (χ3n) is 4.28. The Labute approximate surface area is 133 Å². The van der Waals surface area contributed by atoms with Gasteiger partial charge in [-0.05, 0) is 30.5 Å². The van der Waals surface area contributed by atoms with E-state index < -0.39 is 0 Å². The van der Waals surface area contributed by atoms with Crippen LogP contribution in [-0.2, 0) is 0 Å². The zero-order chi connectivity index (χ0) is 15.0. The molecule has 0 aromatic heterocycles. The van der Waals surface area contributed by atoms with E-state index in [1.807, 2.05) is 18.2 Å². The van der Waals surface area contributed by atoms with Gasteiger partial charge in [-0.25, -0.2) is 0 Å². The first-order valence-electron chi connectivity index (χ1n) is 8.29. The van der Waals surface area contributed by atoms with Crippen LogP contribution >= 0.6 is 0 Å². The van der Waals surface area contributed by atoms with E-state index in [1.54, 1.807) is 0 Å². The van der Waals surface area contributed by atoms with Gasteiger partial charge in [0.2, 0.25) is 0 Å². The van der Waals surface area contributed by atoms with Crippen LogP contribution in [0.2, 0.25) is 0 Å². The molecule has 0 aliphatic heterocycles. The van der Waals surface area contributed by atoms with Gasteiger partial charge in [-0.2, -0.15) is 0 Å². The van der Waals surface area contributed by atoms with Gasteiger partial charge in [0.25, 0.3) is 0 Å². The van der Waals surface area contributed by atoms with Gasteiger partial charge in [0.05, 0.1) is 6.04 Å². The quantitative estimate of drug-likeness (QED) is 0.807. The molecule has 1 fully saturated rings. The van der Waals surface area contributed by atoms with E-state index in [0.29, 0.717) is 6.04 Å². The molecule has 1 atom stereocenters. The molecule has 0 saturated heterocycles. The minimum absolute atomic E-state index is 0.115. The Morgan fingerprint density at radius 2 is 1.45 bits per heavy atom. The fourth-order valence-corrected chi connectivity index (χ4v) is 3.05. The summed E-state index contributed by atoms with van der Waals surface area (Å²) in [4.78, 5) is 0. The minimum Gasteiger partial charge on any atom is -0.297 e. The van der Waals surface area contributed by atoms with Gasteiger partial charge >= 0.3 is 0 Å². The summed E-state index contributed by atoms with van der Waals surface area (Å²) in [5.74, 6) is 6.76. The molecule has 0 amide bonds. The van der Waals surface area contributed by atoms with E-state index in [0.717, 1.165) is 5.56 Å². The molecule has 1 nitrogen and oxygen atoms in total. The van der Waals surface area contributed by atoms with Crippen molar-refractivity contribution in [3.05, 3.63) is 71.8 Å². The number of hydrogen-bond acceptors (Lipinski definition) is 1. The Kier molecular flexibility index (Phi) is 5.29. The fourth-order valence-electron chi connectivity index (χ4n) is 3.05. The number of rotatable bonds is 3. The van der Waals surface area contributed by atoms with E-state index >= 15 is 0 Å². The molecule has 1 heteroatoms. The van der Waals surface area contributed by atoms with Crippen LogP contribution in [0.25, 0.3) is 0 Å². The summed E-state index contributed by atoms with van der Waals surface area (Å²) < 4.78 is 0. The molecular weight excluding hydrogens is 266 g/mol. The molecule has 1 N–H and O–H groups in total. The van der Waals surface area contributed by atoms with Crippen LogP contribution in [0.5, 0.6) is 0 Å². The maximum absolute atomic E-state index is 3.77. The van der Waals surface area contributed by atoms with Gasteiger partial charge in [0, 0.05) is 11.6 Å². The summed E-state index contributed by atoms with van der Waals surface area (Å²) in [6, 6.07) is 21.5. The first kappa shape index (κ1) is 14.9. The third-order valence-corrected chi connectivity index (χ3v) is 4.28. The van der Waals surface area contributed by atoms with E-state index in [2.05, 4.69) is 59.6 Å². The van der Waals surface area contributed by atoms with E-state index in [9.17, 15) is 0 Å². The second kappa shape index (κ2) is 7.82. The summed E-state index contributed by atoms with van der Waals surface area (Å²) in [7, 11) is 0. The lowest BCUT2D eigenvalue weighted by Gasteiger charge is -2.26. The number of benzene rings is 2. The minimum atomic E-state index is 0.115. The summed E-state index contributed by atoms with van der Waals surface area (Å²) in [5, 5.41) is 3.77. The Balaban J connectivity index is 1.78. The van der Waals surface area contributed by atoms with Crippen molar-refractivity contribution in [3.63, 3.8) is 0 Å². The molecule has 112 valence electrons. The topological polar surface area (TPSA) is 12.0 Å². The van der Waals surface area contributed by atoms with Gasteiger partial charge in [-0.1, -0.05) is 79.6 Å². The predicted molar refractivity (Wildman–Crippen MR) is 92.5 cm³/mol. The monoisotopic (exact) mass is 289 g/mol. The summed E-state index contributed by atoms with van der Waals surface area (Å²) in [6.07, 6.45) is 6.60. The molecule has 1 aliphatic carbocycles. The molecule has 0 radical (unpaired) electrons. The Bertz CT molecular complexity index is 615. The third kappa shape index (κ3) is 4.23. The molecule has 1 saturated carbocycles. The van der Waals surface area contributed by atoms with Crippen molar-refractivity contribution in [1.29, 1.82) is 0 Å². The highest BCUT2D eigenvalue weighted by Crippen LogP contribution is 2.21. The molecular formula is C21H23N. The second-order valence-corrected chi connectivity index (χ2v) is 5.98. The molecule has 0 bridgehead atoms. The average Bonchev–Trinajstić information content (AvgIpc) is 2.61. The fraction of sp³-hybridized carbons (Fsp3) is 0.333. The maximum atomic E-state index is 3.77. The van der Waals surface area contributed by atoms with Gasteiger partial charge in [-0.3, -0.25) is 5.32 Å². The molecule has 3 rings (SSSR count). The van der Waals surface area contributed by atoms with Crippen LogP contribution < -0.4 is 5.32 Å². The molecule has 22 heavy (non-hydrogen) atoms. The lowest BCUT2D eigenvalue weighted by Crippen LogP contribution is -2.33. The first-order chi connectivity index (χ1) is 10.9. The Morgan fingerprint density at radius 1 is 0.818 bits per heavy atom. The lowest BCUT2D eigenvalue weighted by molar-refractivity contribution is 0.360. The number of hydrogen-bond donors (Lipinski definition) is 1. The average molecular weight is 289 g/mol. The maximum Gasteiger partial charge on any atom is 0.0951 e. The van der Waals surface area contributed by atoms with E-state index in [1.165, 1.54) is 37.7 Å². The van der Waals surface area contributed by atoms with Gasteiger partial charge in [-0.15, -0.1) is 0 Å². The van der Waals surface area contributed by atoms with E-state index in [-0.39, 0.29) is 6.04 Å². The molecule has 2 aromatic rings. The molecule has 0 spiro atoms. The van der Waals surface area contributed by atoms with Gasteiger partial charge in [0.1, 0.15) is 0 Å². The zero-order valence-electron chi connectivity index (χ0n) is 13.0.